The van der Waals surface area contributed by atoms with Crippen LogP contribution < -0.4 is 0 Å². The second kappa shape index (κ2) is 6.61. The molecule has 5 heteroatoms. The Morgan fingerprint density at radius 1 is 1.21 bits per heavy atom. The van der Waals surface area contributed by atoms with Crippen molar-refractivity contribution in [1.82, 2.24) is 14.5 Å². The van der Waals surface area contributed by atoms with Gasteiger partial charge in [0.1, 0.15) is 0 Å². The molecule has 4 nitrogen and oxygen atoms in total. The maximum atomic E-state index is 12.9. The second-order valence-corrected chi connectivity index (χ2v) is 7.02. The number of benzene rings is 1. The van der Waals surface area contributed by atoms with Crippen molar-refractivity contribution < 1.29 is 4.79 Å². The lowest BCUT2D eigenvalue weighted by Crippen LogP contribution is -2.34. The number of carbonyl (C=O) groups excluding carboxylic acids is 1. The molecule has 0 bridgehead atoms. The van der Waals surface area contributed by atoms with Gasteiger partial charge in [-0.25, -0.2) is 4.98 Å². The lowest BCUT2D eigenvalue weighted by molar-refractivity contribution is 0.0745. The summed E-state index contributed by atoms with van der Waals surface area (Å²) in [4.78, 5) is 19.2. The molecule has 1 aliphatic carbocycles. The molecule has 2 aromatic heterocycles. The molecule has 1 amide bonds. The predicted octanol–water partition coefficient (Wildman–Crippen LogP) is 3.78. The summed E-state index contributed by atoms with van der Waals surface area (Å²) in [6.45, 7) is 0.746. The summed E-state index contributed by atoms with van der Waals surface area (Å²) in [5, 5.41) is 3.08. The highest BCUT2D eigenvalue weighted by molar-refractivity contribution is 7.09. The van der Waals surface area contributed by atoms with Crippen molar-refractivity contribution in [3.63, 3.8) is 0 Å². The Morgan fingerprint density at radius 2 is 1.96 bits per heavy atom. The molecule has 0 radical (unpaired) electrons. The second-order valence-electron chi connectivity index (χ2n) is 6.04. The van der Waals surface area contributed by atoms with Gasteiger partial charge in [-0.3, -0.25) is 4.79 Å². The SMILES string of the molecule is O=C(c1ccc(-n2cccc2)cc1)N(CCc1nccs1)C1CC1. The number of nitrogens with zero attached hydrogens (tertiary/aromatic N) is 3. The fourth-order valence-electron chi connectivity index (χ4n) is 2.88. The molecule has 122 valence electrons. The molecule has 1 saturated carbocycles. The monoisotopic (exact) mass is 337 g/mol. The van der Waals surface area contributed by atoms with E-state index in [1.165, 1.54) is 0 Å². The van der Waals surface area contributed by atoms with Crippen molar-refractivity contribution in [2.24, 2.45) is 0 Å². The normalized spacial score (nSPS) is 13.8. The molecule has 0 atom stereocenters. The van der Waals surface area contributed by atoms with Crippen molar-refractivity contribution in [3.8, 4) is 5.69 Å². The molecule has 0 spiro atoms. The number of amides is 1. The Bertz CT molecular complexity index is 790. The van der Waals surface area contributed by atoms with Crippen molar-refractivity contribution >= 4 is 17.2 Å². The van der Waals surface area contributed by atoms with E-state index in [1.54, 1.807) is 11.3 Å². The van der Waals surface area contributed by atoms with Gasteiger partial charge in [0.2, 0.25) is 0 Å². The number of thiazole rings is 1. The molecule has 2 heterocycles. The zero-order valence-electron chi connectivity index (χ0n) is 13.3. The van der Waals surface area contributed by atoms with Gasteiger partial charge in [-0.15, -0.1) is 11.3 Å². The maximum absolute atomic E-state index is 12.9. The molecule has 3 aromatic rings. The number of aromatic nitrogens is 2. The number of hydrogen-bond donors (Lipinski definition) is 0. The number of carbonyl (C=O) groups is 1. The average Bonchev–Trinajstić information content (AvgIpc) is 3.10. The number of rotatable bonds is 6. The first-order chi connectivity index (χ1) is 11.8. The number of hydrogen-bond acceptors (Lipinski definition) is 3. The van der Waals surface area contributed by atoms with Gasteiger partial charge in [-0.2, -0.15) is 0 Å². The molecule has 0 aliphatic heterocycles. The van der Waals surface area contributed by atoms with Crippen molar-refractivity contribution in [2.45, 2.75) is 25.3 Å². The van der Waals surface area contributed by atoms with E-state index in [9.17, 15) is 4.79 Å². The molecule has 24 heavy (non-hydrogen) atoms. The quantitative estimate of drug-likeness (QED) is 0.686. The highest BCUT2D eigenvalue weighted by Gasteiger charge is 2.32. The van der Waals surface area contributed by atoms with Crippen molar-refractivity contribution in [3.05, 3.63) is 70.9 Å². The van der Waals surface area contributed by atoms with Crippen LogP contribution >= 0.6 is 11.3 Å². The van der Waals surface area contributed by atoms with Crippen LogP contribution in [0.3, 0.4) is 0 Å². The molecule has 1 aromatic carbocycles. The van der Waals surface area contributed by atoms with E-state index < -0.39 is 0 Å². The Morgan fingerprint density at radius 3 is 2.58 bits per heavy atom. The van der Waals surface area contributed by atoms with Crippen LogP contribution in [0.1, 0.15) is 28.2 Å². The minimum absolute atomic E-state index is 0.133. The Labute approximate surface area is 145 Å². The van der Waals surface area contributed by atoms with Gasteiger partial charge in [0, 0.05) is 54.2 Å². The van der Waals surface area contributed by atoms with Crippen LogP contribution in [0.5, 0.6) is 0 Å². The fourth-order valence-corrected chi connectivity index (χ4v) is 3.49. The van der Waals surface area contributed by atoms with Crippen LogP contribution in [0.4, 0.5) is 0 Å². The van der Waals surface area contributed by atoms with Gasteiger partial charge in [0.15, 0.2) is 0 Å². The zero-order valence-corrected chi connectivity index (χ0v) is 14.2. The Balaban J connectivity index is 1.48. The first kappa shape index (κ1) is 15.1. The summed E-state index contributed by atoms with van der Waals surface area (Å²) in [7, 11) is 0. The van der Waals surface area contributed by atoms with E-state index in [-0.39, 0.29) is 5.91 Å². The Hall–Kier alpha value is -2.40. The van der Waals surface area contributed by atoms with E-state index >= 15 is 0 Å². The molecule has 1 fully saturated rings. The molecular weight excluding hydrogens is 318 g/mol. The van der Waals surface area contributed by atoms with Crippen LogP contribution in [-0.2, 0) is 6.42 Å². The highest BCUT2D eigenvalue weighted by Crippen LogP contribution is 2.28. The largest absolute Gasteiger partial charge is 0.335 e. The van der Waals surface area contributed by atoms with Gasteiger partial charge in [0.05, 0.1) is 5.01 Å². The van der Waals surface area contributed by atoms with Gasteiger partial charge < -0.3 is 9.47 Å². The molecule has 1 aliphatic rings. The summed E-state index contributed by atoms with van der Waals surface area (Å²) in [5.41, 5.74) is 1.83. The average molecular weight is 337 g/mol. The van der Waals surface area contributed by atoms with E-state index in [0.29, 0.717) is 6.04 Å². The van der Waals surface area contributed by atoms with Crippen LogP contribution in [0.15, 0.2) is 60.4 Å². The third-order valence-corrected chi connectivity index (χ3v) is 5.15. The summed E-state index contributed by atoms with van der Waals surface area (Å²) < 4.78 is 2.04. The minimum atomic E-state index is 0.133. The van der Waals surface area contributed by atoms with E-state index in [0.717, 1.165) is 42.1 Å². The topological polar surface area (TPSA) is 38.1 Å². The van der Waals surface area contributed by atoms with Gasteiger partial charge >= 0.3 is 0 Å². The lowest BCUT2D eigenvalue weighted by Gasteiger charge is -2.22. The zero-order chi connectivity index (χ0) is 16.4. The minimum Gasteiger partial charge on any atom is -0.335 e. The smallest absolute Gasteiger partial charge is 0.254 e. The van der Waals surface area contributed by atoms with Crippen LogP contribution in [0, 0.1) is 0 Å². The van der Waals surface area contributed by atoms with Gasteiger partial charge in [0.25, 0.3) is 5.91 Å². The maximum Gasteiger partial charge on any atom is 0.254 e. The molecular formula is C19H19N3OS. The molecule has 4 rings (SSSR count). The predicted molar refractivity (Wildman–Crippen MR) is 95.6 cm³/mol. The summed E-state index contributed by atoms with van der Waals surface area (Å²) >= 11 is 1.65. The van der Waals surface area contributed by atoms with E-state index in [4.69, 9.17) is 0 Å². The van der Waals surface area contributed by atoms with E-state index in [2.05, 4.69) is 4.98 Å². The third kappa shape index (κ3) is 3.26. The molecule has 0 saturated heterocycles. The van der Waals surface area contributed by atoms with Crippen LogP contribution in [-0.4, -0.2) is 32.9 Å². The first-order valence-electron chi connectivity index (χ1n) is 8.24. The fraction of sp³-hybridized carbons (Fsp3) is 0.263. The van der Waals surface area contributed by atoms with E-state index in [1.807, 2.05) is 69.8 Å². The van der Waals surface area contributed by atoms with Crippen LogP contribution in [0.2, 0.25) is 0 Å². The molecule has 0 unspecified atom stereocenters. The van der Waals surface area contributed by atoms with Crippen LogP contribution in [0.25, 0.3) is 5.69 Å². The van der Waals surface area contributed by atoms with Crippen molar-refractivity contribution in [1.29, 1.82) is 0 Å². The lowest BCUT2D eigenvalue weighted by atomic mass is 10.1. The van der Waals surface area contributed by atoms with Gasteiger partial charge in [-0.1, -0.05) is 0 Å². The summed E-state index contributed by atoms with van der Waals surface area (Å²) in [6.07, 6.45) is 8.89. The van der Waals surface area contributed by atoms with Gasteiger partial charge in [-0.05, 0) is 49.2 Å². The van der Waals surface area contributed by atoms with Crippen molar-refractivity contribution in [2.75, 3.05) is 6.54 Å². The summed E-state index contributed by atoms with van der Waals surface area (Å²) in [6, 6.07) is 12.2. The standard InChI is InChI=1S/C19H19N3OS/c23-19(15-3-5-16(6-4-15)21-11-1-2-12-21)22(17-7-8-17)13-9-18-20-10-14-24-18/h1-6,10-12,14,17H,7-9,13H2. The highest BCUT2D eigenvalue weighted by atomic mass is 32.1. The third-order valence-electron chi connectivity index (χ3n) is 4.32. The molecule has 0 N–H and O–H groups in total. The Kier molecular flexibility index (Phi) is 4.17. The first-order valence-corrected chi connectivity index (χ1v) is 9.12. The summed E-state index contributed by atoms with van der Waals surface area (Å²) in [5.74, 6) is 0.133.